The molecule has 0 unspecified atom stereocenters. The van der Waals surface area contributed by atoms with Crippen LogP contribution in [0.15, 0.2) is 42.5 Å². The van der Waals surface area contributed by atoms with E-state index in [9.17, 15) is 10.1 Å². The molecule has 0 atom stereocenters. The molecule has 2 rings (SSSR count). The van der Waals surface area contributed by atoms with Gasteiger partial charge < -0.3 is 10.8 Å². The maximum atomic E-state index is 10.6. The molecule has 0 aromatic heterocycles. The Morgan fingerprint density at radius 1 is 1.11 bits per heavy atom. The maximum absolute atomic E-state index is 10.6. The average Bonchev–Trinajstić information content (AvgIpc) is 2.30. The zero-order chi connectivity index (χ0) is 12.4. The van der Waals surface area contributed by atoms with Crippen LogP contribution in [0.4, 0.5) is 11.4 Å². The molecule has 88 valence electrons. The number of phenolic OH excluding ortho intramolecular Hbond substituents is 1. The van der Waals surface area contributed by atoms with Crippen molar-refractivity contribution < 1.29 is 10.0 Å². The van der Waals surface area contributed by atoms with E-state index in [-0.39, 0.29) is 41.0 Å². The average molecular weight is 254 g/mol. The van der Waals surface area contributed by atoms with E-state index in [0.29, 0.717) is 11.3 Å². The van der Waals surface area contributed by atoms with Crippen LogP contribution < -0.4 is 5.73 Å². The standard InChI is InChI=1S/C12H10N2O3.Na.H/c13-12-7-9(14(16)17)3-6-11(12)8-1-4-10(15)5-2-8;;/h1-7,15H,13H2;;. The first-order valence-corrected chi connectivity index (χ1v) is 4.91. The molecule has 0 bridgehead atoms. The molecule has 0 aliphatic carbocycles. The molecule has 6 heteroatoms. The summed E-state index contributed by atoms with van der Waals surface area (Å²) in [6.07, 6.45) is 0. The van der Waals surface area contributed by atoms with E-state index >= 15 is 0 Å². The Kier molecular flexibility index (Phi) is 4.72. The molecule has 5 nitrogen and oxygen atoms in total. The predicted octanol–water partition coefficient (Wildman–Crippen LogP) is 1.90. The molecule has 0 saturated carbocycles. The number of nitrogens with zero attached hydrogens (tertiary/aromatic N) is 1. The minimum absolute atomic E-state index is 0. The van der Waals surface area contributed by atoms with Crippen LogP contribution in [0.3, 0.4) is 0 Å². The summed E-state index contributed by atoms with van der Waals surface area (Å²) in [6, 6.07) is 10.8. The van der Waals surface area contributed by atoms with Gasteiger partial charge in [-0.2, -0.15) is 0 Å². The Morgan fingerprint density at radius 3 is 2.22 bits per heavy atom. The topological polar surface area (TPSA) is 89.4 Å². The zero-order valence-electron chi connectivity index (χ0n) is 8.83. The van der Waals surface area contributed by atoms with Crippen molar-refractivity contribution in [2.24, 2.45) is 0 Å². The van der Waals surface area contributed by atoms with Gasteiger partial charge in [0, 0.05) is 23.4 Å². The van der Waals surface area contributed by atoms with Gasteiger partial charge in [-0.3, -0.25) is 10.1 Å². The minimum atomic E-state index is -0.489. The van der Waals surface area contributed by atoms with Gasteiger partial charge in [0.25, 0.3) is 5.69 Å². The van der Waals surface area contributed by atoms with Gasteiger partial charge in [-0.1, -0.05) is 12.1 Å². The number of hydrogen-bond acceptors (Lipinski definition) is 4. The third-order valence-electron chi connectivity index (χ3n) is 2.42. The third-order valence-corrected chi connectivity index (χ3v) is 2.42. The number of nitro groups is 1. The second-order valence-electron chi connectivity index (χ2n) is 3.58. The number of non-ortho nitro benzene ring substituents is 1. The van der Waals surface area contributed by atoms with Gasteiger partial charge in [-0.05, 0) is 23.8 Å². The summed E-state index contributed by atoms with van der Waals surface area (Å²) < 4.78 is 0. The van der Waals surface area contributed by atoms with Crippen molar-refractivity contribution in [2.45, 2.75) is 0 Å². The molecular formula is C12H11N2NaO3. The fourth-order valence-corrected chi connectivity index (χ4v) is 1.57. The van der Waals surface area contributed by atoms with Crippen molar-refractivity contribution in [1.29, 1.82) is 0 Å². The molecule has 2 aromatic carbocycles. The van der Waals surface area contributed by atoms with Crippen LogP contribution in [-0.2, 0) is 0 Å². The Labute approximate surface area is 126 Å². The van der Waals surface area contributed by atoms with Crippen molar-refractivity contribution in [2.75, 3.05) is 5.73 Å². The van der Waals surface area contributed by atoms with Crippen molar-refractivity contribution in [3.8, 4) is 16.9 Å². The number of hydrogen-bond donors (Lipinski definition) is 2. The fourth-order valence-electron chi connectivity index (χ4n) is 1.57. The van der Waals surface area contributed by atoms with E-state index in [1.165, 1.54) is 24.3 Å². The van der Waals surface area contributed by atoms with Gasteiger partial charge in [0.2, 0.25) is 0 Å². The van der Waals surface area contributed by atoms with E-state index in [2.05, 4.69) is 0 Å². The van der Waals surface area contributed by atoms with Crippen LogP contribution in [-0.4, -0.2) is 39.6 Å². The second kappa shape index (κ2) is 5.86. The molecule has 18 heavy (non-hydrogen) atoms. The molecule has 0 spiro atoms. The van der Waals surface area contributed by atoms with Crippen molar-refractivity contribution in [3.05, 3.63) is 52.6 Å². The summed E-state index contributed by atoms with van der Waals surface area (Å²) in [7, 11) is 0. The van der Waals surface area contributed by atoms with Gasteiger partial charge in [0.1, 0.15) is 5.75 Å². The van der Waals surface area contributed by atoms with Crippen LogP contribution in [0.25, 0.3) is 11.1 Å². The number of anilines is 1. The fraction of sp³-hybridized carbons (Fsp3) is 0. The summed E-state index contributed by atoms with van der Waals surface area (Å²) in [5.41, 5.74) is 7.57. The van der Waals surface area contributed by atoms with Crippen LogP contribution in [0.5, 0.6) is 5.75 Å². The van der Waals surface area contributed by atoms with Gasteiger partial charge in [-0.25, -0.2) is 0 Å². The van der Waals surface area contributed by atoms with Crippen molar-refractivity contribution in [1.82, 2.24) is 0 Å². The molecule has 0 saturated heterocycles. The molecule has 2 aromatic rings. The third kappa shape index (κ3) is 3.01. The first-order chi connectivity index (χ1) is 8.08. The molecule has 0 heterocycles. The molecule has 0 aliphatic rings. The molecule has 0 radical (unpaired) electrons. The van der Waals surface area contributed by atoms with E-state index < -0.39 is 4.92 Å². The number of benzene rings is 2. The summed E-state index contributed by atoms with van der Waals surface area (Å²) in [4.78, 5) is 10.1. The summed E-state index contributed by atoms with van der Waals surface area (Å²) in [5.74, 6) is 0.161. The molecule has 0 aliphatic heterocycles. The van der Waals surface area contributed by atoms with E-state index in [1.54, 1.807) is 18.2 Å². The Balaban J connectivity index is 0.00000162. The quantitative estimate of drug-likeness (QED) is 0.370. The normalized spacial score (nSPS) is 9.56. The van der Waals surface area contributed by atoms with Gasteiger partial charge >= 0.3 is 29.6 Å². The Hall–Kier alpha value is -1.56. The second-order valence-corrected chi connectivity index (χ2v) is 3.58. The predicted molar refractivity (Wildman–Crippen MR) is 71.8 cm³/mol. The van der Waals surface area contributed by atoms with E-state index in [0.717, 1.165) is 5.56 Å². The number of aromatic hydroxyl groups is 1. The summed E-state index contributed by atoms with van der Waals surface area (Å²) in [6.45, 7) is 0. The number of rotatable bonds is 2. The van der Waals surface area contributed by atoms with Gasteiger partial charge in [-0.15, -0.1) is 0 Å². The van der Waals surface area contributed by atoms with Crippen molar-refractivity contribution in [3.63, 3.8) is 0 Å². The van der Waals surface area contributed by atoms with Gasteiger partial charge in [0.05, 0.1) is 4.92 Å². The van der Waals surface area contributed by atoms with Crippen LogP contribution in [0.1, 0.15) is 0 Å². The van der Waals surface area contributed by atoms with E-state index in [4.69, 9.17) is 10.8 Å². The van der Waals surface area contributed by atoms with Crippen LogP contribution >= 0.6 is 0 Å². The first-order valence-electron chi connectivity index (χ1n) is 4.91. The zero-order valence-corrected chi connectivity index (χ0v) is 8.83. The summed E-state index contributed by atoms with van der Waals surface area (Å²) in [5, 5.41) is 19.7. The van der Waals surface area contributed by atoms with Crippen LogP contribution in [0, 0.1) is 10.1 Å². The number of phenols is 1. The molecule has 0 amide bonds. The first kappa shape index (κ1) is 14.5. The number of nitro benzene ring substituents is 1. The van der Waals surface area contributed by atoms with E-state index in [1.807, 2.05) is 0 Å². The molecule has 0 fully saturated rings. The Morgan fingerprint density at radius 2 is 1.72 bits per heavy atom. The van der Waals surface area contributed by atoms with Gasteiger partial charge in [0.15, 0.2) is 0 Å². The van der Waals surface area contributed by atoms with Crippen molar-refractivity contribution >= 4 is 40.9 Å². The number of nitrogen functional groups attached to an aromatic ring is 1. The summed E-state index contributed by atoms with van der Waals surface area (Å²) >= 11 is 0. The monoisotopic (exact) mass is 254 g/mol. The molecule has 3 N–H and O–H groups in total. The molecular weight excluding hydrogens is 243 g/mol. The Bertz CT molecular complexity index is 570. The van der Waals surface area contributed by atoms with Crippen LogP contribution in [0.2, 0.25) is 0 Å². The SMILES string of the molecule is Nc1cc([N+](=O)[O-])ccc1-c1ccc(O)cc1.[NaH]. The number of nitrogens with two attached hydrogens (primary N) is 1.